The zero-order chi connectivity index (χ0) is 37.0. The predicted octanol–water partition coefficient (Wildman–Crippen LogP) is 8.29. The van der Waals surface area contributed by atoms with E-state index in [1.807, 2.05) is 31.2 Å². The average Bonchev–Trinajstić information content (AvgIpc) is 3.46. The summed E-state index contributed by atoms with van der Waals surface area (Å²) in [6, 6.07) is 17.2. The third-order valence-corrected chi connectivity index (χ3v) is 11.7. The van der Waals surface area contributed by atoms with Crippen molar-refractivity contribution in [2.45, 2.75) is 110 Å². The van der Waals surface area contributed by atoms with Gasteiger partial charge < -0.3 is 25.5 Å². The molecule has 51 heavy (non-hydrogen) atoms. The zero-order valence-corrected chi connectivity index (χ0v) is 31.0. The van der Waals surface area contributed by atoms with Crippen LogP contribution in [0.4, 0.5) is 0 Å². The molecular weight excluding hydrogens is 636 g/mol. The van der Waals surface area contributed by atoms with Gasteiger partial charge in [-0.2, -0.15) is 0 Å². The Balaban J connectivity index is 1.45. The summed E-state index contributed by atoms with van der Waals surface area (Å²) in [7, 11) is 0. The molecule has 6 nitrogen and oxygen atoms in total. The molecule has 0 heterocycles. The molecule has 0 amide bonds. The summed E-state index contributed by atoms with van der Waals surface area (Å²) >= 11 is 0. The molecule has 0 unspecified atom stereocenters. The highest BCUT2D eigenvalue weighted by Gasteiger charge is 2.64. The van der Waals surface area contributed by atoms with Gasteiger partial charge in [-0.05, 0) is 132 Å². The van der Waals surface area contributed by atoms with Crippen LogP contribution in [0, 0.1) is 17.3 Å². The van der Waals surface area contributed by atoms with E-state index in [0.29, 0.717) is 49.7 Å². The maximum Gasteiger partial charge on any atom is 0.162 e. The molecule has 2 aromatic rings. The third-order valence-electron chi connectivity index (χ3n) is 11.7. The lowest BCUT2D eigenvalue weighted by Gasteiger charge is -2.55. The van der Waals surface area contributed by atoms with Gasteiger partial charge in [0.2, 0.25) is 0 Å². The molecule has 1 spiro atoms. The Morgan fingerprint density at radius 2 is 1.71 bits per heavy atom. The number of carbonyl (C=O) groups excluding carboxylic acids is 1. The maximum absolute atomic E-state index is 13.6. The Labute approximate surface area is 305 Å². The van der Waals surface area contributed by atoms with Crippen LogP contribution < -0.4 is 0 Å². The highest BCUT2D eigenvalue weighted by Crippen LogP contribution is 2.63. The molecule has 5 N–H and O–H groups in total. The lowest BCUT2D eigenvalue weighted by molar-refractivity contribution is -0.167. The van der Waals surface area contributed by atoms with Crippen LogP contribution in [-0.4, -0.2) is 56.2 Å². The summed E-state index contributed by atoms with van der Waals surface area (Å²) in [6.07, 6.45) is 15.4. The van der Waals surface area contributed by atoms with Crippen molar-refractivity contribution >= 4 is 5.78 Å². The van der Waals surface area contributed by atoms with Crippen LogP contribution in [-0.2, 0) is 17.6 Å². The van der Waals surface area contributed by atoms with Crippen molar-refractivity contribution in [3.8, 4) is 5.75 Å². The Morgan fingerprint density at radius 1 is 0.980 bits per heavy atom. The molecular formula is C45H60O6. The number of allylic oxidation sites excluding steroid dienone is 8. The largest absolute Gasteiger partial charge is 0.508 e. The smallest absolute Gasteiger partial charge is 0.162 e. The summed E-state index contributed by atoms with van der Waals surface area (Å²) in [5, 5.41) is 54.3. The molecule has 6 heteroatoms. The van der Waals surface area contributed by atoms with E-state index in [2.05, 4.69) is 43.8 Å². The summed E-state index contributed by atoms with van der Waals surface area (Å²) in [5.41, 5.74) is 4.72. The van der Waals surface area contributed by atoms with Crippen molar-refractivity contribution in [1.29, 1.82) is 0 Å². The second-order valence-electron chi connectivity index (χ2n) is 15.1. The number of carbonyl (C=O) groups is 1. The molecule has 2 aliphatic carbocycles. The van der Waals surface area contributed by atoms with Crippen LogP contribution in [0.2, 0.25) is 0 Å². The minimum atomic E-state index is -1.21. The van der Waals surface area contributed by atoms with Gasteiger partial charge in [0.05, 0.1) is 18.3 Å². The molecule has 0 aliphatic heterocycles. The molecule has 276 valence electrons. The average molecular weight is 697 g/mol. The molecule has 0 saturated heterocycles. The SMILES string of the molecule is C=C(/C=C/C=C(/CO)[C@H]1CC[C@@]2([C@H](CCCO)/C(=C(\C)C(=O)Cc3ccc(O)cc3)CC[C@@]2(C)O)[C@@H]1O)CC/C=C(/C)CCCc1ccccc1. The normalized spacial score (nSPS) is 26.6. The molecule has 5 atom stereocenters. The van der Waals surface area contributed by atoms with E-state index < -0.39 is 17.1 Å². The van der Waals surface area contributed by atoms with Crippen LogP contribution in [0.5, 0.6) is 5.75 Å². The fourth-order valence-electron chi connectivity index (χ4n) is 8.68. The van der Waals surface area contributed by atoms with Gasteiger partial charge in [-0.3, -0.25) is 4.79 Å². The Hall–Kier alpha value is -3.55. The van der Waals surface area contributed by atoms with Crippen molar-refractivity contribution in [3.63, 3.8) is 0 Å². The van der Waals surface area contributed by atoms with Crippen LogP contribution in [0.1, 0.15) is 96.1 Å². The highest BCUT2D eigenvalue weighted by molar-refractivity contribution is 5.97. The number of rotatable bonds is 17. The molecule has 2 aromatic carbocycles. The first-order valence-corrected chi connectivity index (χ1v) is 18.8. The summed E-state index contributed by atoms with van der Waals surface area (Å²) in [4.78, 5) is 13.6. The molecule has 4 rings (SSSR count). The van der Waals surface area contributed by atoms with E-state index in [4.69, 9.17) is 0 Å². The monoisotopic (exact) mass is 696 g/mol. The van der Waals surface area contributed by atoms with Gasteiger partial charge in [-0.15, -0.1) is 0 Å². The highest BCUT2D eigenvalue weighted by atomic mass is 16.3. The topological polar surface area (TPSA) is 118 Å². The van der Waals surface area contributed by atoms with E-state index in [1.54, 1.807) is 31.2 Å². The van der Waals surface area contributed by atoms with Crippen molar-refractivity contribution in [1.82, 2.24) is 0 Å². The second-order valence-corrected chi connectivity index (χ2v) is 15.1. The van der Waals surface area contributed by atoms with Crippen LogP contribution in [0.25, 0.3) is 0 Å². The quantitative estimate of drug-likeness (QED) is 0.0646. The van der Waals surface area contributed by atoms with Crippen LogP contribution >= 0.6 is 0 Å². The number of aliphatic hydroxyl groups excluding tert-OH is 3. The van der Waals surface area contributed by atoms with Gasteiger partial charge in [-0.1, -0.05) is 90.1 Å². The van der Waals surface area contributed by atoms with Gasteiger partial charge in [0.15, 0.2) is 5.78 Å². The van der Waals surface area contributed by atoms with E-state index in [1.165, 1.54) is 11.1 Å². The summed E-state index contributed by atoms with van der Waals surface area (Å²) in [5.74, 6) is -0.542. The van der Waals surface area contributed by atoms with E-state index in [0.717, 1.165) is 48.8 Å². The lowest BCUT2D eigenvalue weighted by atomic mass is 9.52. The number of phenolic OH excluding ortho intramolecular Hbond substituents is 1. The Kier molecular flexibility index (Phi) is 14.8. The number of phenols is 1. The number of aliphatic hydroxyl groups is 4. The number of ketones is 1. The minimum absolute atomic E-state index is 0.0257. The van der Waals surface area contributed by atoms with Gasteiger partial charge in [0.25, 0.3) is 0 Å². The predicted molar refractivity (Wildman–Crippen MR) is 206 cm³/mol. The molecule has 2 aliphatic rings. The second kappa shape index (κ2) is 18.8. The van der Waals surface area contributed by atoms with Crippen molar-refractivity contribution in [3.05, 3.63) is 124 Å². The fourth-order valence-corrected chi connectivity index (χ4v) is 8.68. The Bertz CT molecular complexity index is 1580. The number of hydrogen-bond donors (Lipinski definition) is 5. The van der Waals surface area contributed by atoms with Gasteiger partial charge >= 0.3 is 0 Å². The number of benzene rings is 2. The van der Waals surface area contributed by atoms with E-state index >= 15 is 0 Å². The third kappa shape index (κ3) is 10.1. The summed E-state index contributed by atoms with van der Waals surface area (Å²) < 4.78 is 0. The Morgan fingerprint density at radius 3 is 2.39 bits per heavy atom. The van der Waals surface area contributed by atoms with Crippen LogP contribution in [0.15, 0.2) is 113 Å². The number of aromatic hydroxyl groups is 1. The first-order chi connectivity index (χ1) is 24.4. The van der Waals surface area contributed by atoms with Crippen molar-refractivity contribution < 1.29 is 30.3 Å². The molecule has 2 saturated carbocycles. The van der Waals surface area contributed by atoms with Gasteiger partial charge in [0, 0.05) is 24.4 Å². The first kappa shape index (κ1) is 40.2. The van der Waals surface area contributed by atoms with Gasteiger partial charge in [-0.25, -0.2) is 0 Å². The van der Waals surface area contributed by atoms with Gasteiger partial charge in [0.1, 0.15) is 5.75 Å². The maximum atomic E-state index is 13.6. The fraction of sp³-hybridized carbons (Fsp3) is 0.489. The number of hydrogen-bond acceptors (Lipinski definition) is 6. The van der Waals surface area contributed by atoms with Crippen LogP contribution in [0.3, 0.4) is 0 Å². The lowest BCUT2D eigenvalue weighted by Crippen LogP contribution is -2.59. The standard InChI is InChI=1S/C45H60O6/c1-32(14-9-18-35-16-6-5-7-17-35)12-8-13-33(2)15-10-19-37(31-47)40-26-28-45(43(40)50)41(20-11-29-46)39(25-27-44(45,4)51)34(3)42(49)30-36-21-23-38(48)24-22-36/h5-7,10,12,15-17,19,21-24,40-41,43,46-48,50-51H,2,8-9,11,13-14,18,20,25-31H2,1,3-4H3/b15-10+,32-12-,37-19-,39-34+/t40-,41-,43-,44-,45-/m1/s1. The van der Waals surface area contributed by atoms with Crippen molar-refractivity contribution in [2.75, 3.05) is 13.2 Å². The van der Waals surface area contributed by atoms with E-state index in [-0.39, 0.29) is 43.0 Å². The molecule has 2 fully saturated rings. The number of Topliss-reactive ketones (excluding diaryl/α,β-unsaturated/α-hetero) is 1. The molecule has 0 radical (unpaired) electrons. The van der Waals surface area contributed by atoms with Crippen molar-refractivity contribution in [2.24, 2.45) is 17.3 Å². The minimum Gasteiger partial charge on any atom is -0.508 e. The first-order valence-electron chi connectivity index (χ1n) is 18.8. The molecule has 0 bridgehead atoms. The zero-order valence-electron chi connectivity index (χ0n) is 31.0. The van der Waals surface area contributed by atoms with E-state index in [9.17, 15) is 30.3 Å². The summed E-state index contributed by atoms with van der Waals surface area (Å²) in [6.45, 7) is 9.83. The number of aryl methyl sites for hydroxylation is 1. The molecule has 0 aromatic heterocycles.